The van der Waals surface area contributed by atoms with Crippen molar-refractivity contribution in [1.29, 1.82) is 0 Å². The lowest BCUT2D eigenvalue weighted by atomic mass is 10.2. The number of rotatable bonds is 2. The van der Waals surface area contributed by atoms with Crippen molar-refractivity contribution in [2.24, 2.45) is 0 Å². The van der Waals surface area contributed by atoms with Gasteiger partial charge in [-0.2, -0.15) is 13.2 Å². The fourth-order valence-electron chi connectivity index (χ4n) is 1.66. The van der Waals surface area contributed by atoms with Gasteiger partial charge < -0.3 is 11.1 Å². The highest BCUT2D eigenvalue weighted by Crippen LogP contribution is 2.34. The lowest BCUT2D eigenvalue weighted by Gasteiger charge is -2.13. The molecule has 1 aromatic carbocycles. The molecular weight excluding hydrogens is 326 g/mol. The molecule has 112 valence electrons. The van der Waals surface area contributed by atoms with Crippen LogP contribution in [0.25, 0.3) is 0 Å². The molecule has 2 aromatic rings. The van der Waals surface area contributed by atoms with E-state index in [4.69, 9.17) is 28.9 Å². The van der Waals surface area contributed by atoms with Crippen LogP contribution in [0.4, 0.5) is 30.5 Å². The zero-order valence-corrected chi connectivity index (χ0v) is 12.2. The van der Waals surface area contributed by atoms with Gasteiger partial charge in [0.1, 0.15) is 11.6 Å². The van der Waals surface area contributed by atoms with Crippen LogP contribution in [0.5, 0.6) is 0 Å². The van der Waals surface area contributed by atoms with E-state index >= 15 is 0 Å². The molecule has 0 bridgehead atoms. The number of hydrogen-bond acceptors (Lipinski definition) is 3. The van der Waals surface area contributed by atoms with Gasteiger partial charge in [0.05, 0.1) is 16.3 Å². The quantitative estimate of drug-likeness (QED) is 0.808. The fourth-order valence-corrected chi connectivity index (χ4v) is 2.09. The number of hydrogen-bond donors (Lipinski definition) is 2. The average Bonchev–Trinajstić information content (AvgIpc) is 2.34. The molecule has 1 heterocycles. The van der Waals surface area contributed by atoms with Crippen LogP contribution in [0.15, 0.2) is 24.3 Å². The lowest BCUT2D eigenvalue weighted by molar-refractivity contribution is -0.137. The number of anilines is 3. The fraction of sp³-hybridized carbons (Fsp3) is 0.154. The van der Waals surface area contributed by atoms with Gasteiger partial charge in [-0.25, -0.2) is 4.98 Å². The minimum absolute atomic E-state index is 0.0656. The summed E-state index contributed by atoms with van der Waals surface area (Å²) in [5.74, 6) is -0.314. The lowest BCUT2D eigenvalue weighted by Crippen LogP contribution is -2.08. The van der Waals surface area contributed by atoms with Crippen molar-refractivity contribution < 1.29 is 13.2 Å². The van der Waals surface area contributed by atoms with Crippen molar-refractivity contribution in [3.05, 3.63) is 45.4 Å². The number of aryl methyl sites for hydroxylation is 1. The maximum Gasteiger partial charge on any atom is 0.416 e. The highest BCUT2D eigenvalue weighted by molar-refractivity contribution is 6.35. The predicted molar refractivity (Wildman–Crippen MR) is 78.1 cm³/mol. The topological polar surface area (TPSA) is 50.9 Å². The van der Waals surface area contributed by atoms with E-state index < -0.39 is 11.7 Å². The zero-order valence-electron chi connectivity index (χ0n) is 10.7. The average molecular weight is 336 g/mol. The van der Waals surface area contributed by atoms with Crippen molar-refractivity contribution in [2.75, 3.05) is 11.1 Å². The van der Waals surface area contributed by atoms with E-state index in [1.807, 2.05) is 0 Å². The molecule has 0 saturated heterocycles. The number of benzene rings is 1. The monoisotopic (exact) mass is 335 g/mol. The molecule has 0 fully saturated rings. The molecule has 0 unspecified atom stereocenters. The molecule has 3 N–H and O–H groups in total. The van der Waals surface area contributed by atoms with Gasteiger partial charge in [0.25, 0.3) is 0 Å². The Labute approximate surface area is 128 Å². The summed E-state index contributed by atoms with van der Waals surface area (Å²) in [6.45, 7) is 1.76. The van der Waals surface area contributed by atoms with Crippen LogP contribution in [0, 0.1) is 6.92 Å². The van der Waals surface area contributed by atoms with Gasteiger partial charge in [0.15, 0.2) is 0 Å². The highest BCUT2D eigenvalue weighted by atomic mass is 35.5. The molecule has 0 amide bonds. The summed E-state index contributed by atoms with van der Waals surface area (Å²) in [5, 5.41) is 3.43. The molecule has 0 saturated carbocycles. The van der Waals surface area contributed by atoms with E-state index in [1.165, 1.54) is 6.07 Å². The van der Waals surface area contributed by atoms with Gasteiger partial charge in [-0.3, -0.25) is 0 Å². The number of nitrogens with one attached hydrogen (secondary N) is 1. The van der Waals surface area contributed by atoms with Gasteiger partial charge in [-0.15, -0.1) is 0 Å². The Balaban J connectivity index is 2.40. The van der Waals surface area contributed by atoms with Crippen LogP contribution < -0.4 is 11.1 Å². The number of halogens is 5. The Kier molecular flexibility index (Phi) is 4.20. The van der Waals surface area contributed by atoms with Gasteiger partial charge in [-0.1, -0.05) is 23.2 Å². The first kappa shape index (κ1) is 15.7. The van der Waals surface area contributed by atoms with Crippen molar-refractivity contribution >= 4 is 40.5 Å². The summed E-state index contributed by atoms with van der Waals surface area (Å²) in [6.07, 6.45) is -4.51. The molecule has 0 aliphatic carbocycles. The van der Waals surface area contributed by atoms with Crippen molar-refractivity contribution in [3.63, 3.8) is 0 Å². The molecule has 0 spiro atoms. The maximum absolute atomic E-state index is 12.7. The number of nitrogens with zero attached hydrogens (tertiary/aromatic N) is 1. The number of alkyl halides is 3. The zero-order chi connectivity index (χ0) is 15.8. The minimum Gasteiger partial charge on any atom is -0.384 e. The van der Waals surface area contributed by atoms with Crippen LogP contribution in [0.2, 0.25) is 10.0 Å². The van der Waals surface area contributed by atoms with Crippen LogP contribution in [-0.4, -0.2) is 4.98 Å². The molecule has 2 rings (SSSR count). The normalized spacial score (nSPS) is 11.5. The number of nitrogens with two attached hydrogens (primary N) is 1. The number of aromatic nitrogens is 1. The Hall–Kier alpha value is -1.66. The number of pyridine rings is 1. The SMILES string of the molecule is Cc1cc(Cl)c(Nc2cc(C(F)(F)F)cc(N)n2)cc1Cl. The smallest absolute Gasteiger partial charge is 0.384 e. The van der Waals surface area contributed by atoms with Crippen molar-refractivity contribution in [2.45, 2.75) is 13.1 Å². The Bertz CT molecular complexity index is 687. The summed E-state index contributed by atoms with van der Waals surface area (Å²) in [5.41, 5.74) is 5.59. The van der Waals surface area contributed by atoms with E-state index in [-0.39, 0.29) is 11.6 Å². The largest absolute Gasteiger partial charge is 0.416 e. The molecule has 0 radical (unpaired) electrons. The Morgan fingerprint density at radius 1 is 1.10 bits per heavy atom. The summed E-state index contributed by atoms with van der Waals surface area (Å²) < 4.78 is 38.2. The standard InChI is InChI=1S/C13H10Cl2F3N3/c1-6-2-9(15)10(5-8(6)14)20-12-4-7(13(16,17)18)3-11(19)21-12/h2-5H,1H3,(H3,19,20,21). The first-order valence-corrected chi connectivity index (χ1v) is 6.50. The van der Waals surface area contributed by atoms with Crippen LogP contribution in [0.1, 0.15) is 11.1 Å². The van der Waals surface area contributed by atoms with E-state index in [9.17, 15) is 13.2 Å². The molecule has 8 heteroatoms. The van der Waals surface area contributed by atoms with Crippen LogP contribution in [-0.2, 0) is 6.18 Å². The second-order valence-corrected chi connectivity index (χ2v) is 5.18. The minimum atomic E-state index is -4.51. The first-order valence-electron chi connectivity index (χ1n) is 5.74. The van der Waals surface area contributed by atoms with E-state index in [1.54, 1.807) is 13.0 Å². The maximum atomic E-state index is 12.7. The summed E-state index contributed by atoms with van der Waals surface area (Å²) in [4.78, 5) is 3.80. The van der Waals surface area contributed by atoms with E-state index in [2.05, 4.69) is 10.3 Å². The summed E-state index contributed by atoms with van der Waals surface area (Å²) in [7, 11) is 0. The predicted octanol–water partition coefficient (Wildman–Crippen LogP) is 5.04. The van der Waals surface area contributed by atoms with Gasteiger partial charge in [0, 0.05) is 5.02 Å². The molecule has 0 atom stereocenters. The second-order valence-electron chi connectivity index (χ2n) is 4.37. The first-order chi connectivity index (χ1) is 9.66. The van der Waals surface area contributed by atoms with Gasteiger partial charge >= 0.3 is 6.18 Å². The third-order valence-corrected chi connectivity index (χ3v) is 3.40. The molecule has 0 aliphatic rings. The summed E-state index contributed by atoms with van der Waals surface area (Å²) >= 11 is 12.0. The number of nitrogen functional groups attached to an aromatic ring is 1. The molecular formula is C13H10Cl2F3N3. The Morgan fingerprint density at radius 3 is 2.38 bits per heavy atom. The molecule has 21 heavy (non-hydrogen) atoms. The Morgan fingerprint density at radius 2 is 1.76 bits per heavy atom. The van der Waals surface area contributed by atoms with E-state index in [0.717, 1.165) is 17.7 Å². The van der Waals surface area contributed by atoms with Gasteiger partial charge in [0.2, 0.25) is 0 Å². The highest BCUT2D eigenvalue weighted by Gasteiger charge is 2.31. The summed E-state index contributed by atoms with van der Waals surface area (Å²) in [6, 6.07) is 4.72. The molecule has 0 aliphatic heterocycles. The third kappa shape index (κ3) is 3.71. The van der Waals surface area contributed by atoms with Gasteiger partial charge in [-0.05, 0) is 36.8 Å². The third-order valence-electron chi connectivity index (χ3n) is 2.68. The molecule has 3 nitrogen and oxygen atoms in total. The van der Waals surface area contributed by atoms with Crippen LogP contribution in [0.3, 0.4) is 0 Å². The second kappa shape index (κ2) is 5.61. The van der Waals surface area contributed by atoms with Crippen molar-refractivity contribution in [1.82, 2.24) is 4.98 Å². The molecule has 1 aromatic heterocycles. The van der Waals surface area contributed by atoms with Crippen LogP contribution >= 0.6 is 23.2 Å². The van der Waals surface area contributed by atoms with E-state index in [0.29, 0.717) is 15.7 Å². The van der Waals surface area contributed by atoms with Crippen molar-refractivity contribution in [3.8, 4) is 0 Å².